The van der Waals surface area contributed by atoms with Crippen molar-refractivity contribution in [3.05, 3.63) is 30.1 Å². The second kappa shape index (κ2) is 6.85. The van der Waals surface area contributed by atoms with Gasteiger partial charge in [0.2, 0.25) is 0 Å². The number of likely N-dealkylation sites (N-methyl/N-ethyl adjacent to an activating group) is 1. The summed E-state index contributed by atoms with van der Waals surface area (Å²) in [6, 6.07) is 6.20. The van der Waals surface area contributed by atoms with Crippen molar-refractivity contribution in [2.75, 3.05) is 26.7 Å². The lowest BCUT2D eigenvalue weighted by atomic mass is 10.3. The highest BCUT2D eigenvalue weighted by atomic mass is 19.1. The van der Waals surface area contributed by atoms with Gasteiger partial charge in [0.05, 0.1) is 6.42 Å². The van der Waals surface area contributed by atoms with E-state index in [2.05, 4.69) is 0 Å². The largest absolute Gasteiger partial charge is 0.489 e. The molecule has 0 fully saturated rings. The van der Waals surface area contributed by atoms with Crippen LogP contribution in [0.3, 0.4) is 0 Å². The van der Waals surface area contributed by atoms with E-state index in [0.29, 0.717) is 19.7 Å². The second-order valence-corrected chi connectivity index (χ2v) is 3.73. The standard InChI is InChI=1S/C12H16FNO3/c1-14(7-6-12(15)16)8-9-17-11-5-3-2-4-10(11)13/h2-5H,6-9H2,1H3,(H,15,16). The van der Waals surface area contributed by atoms with Gasteiger partial charge in [0, 0.05) is 13.1 Å². The molecular weight excluding hydrogens is 225 g/mol. The van der Waals surface area contributed by atoms with Crippen LogP contribution in [0.2, 0.25) is 0 Å². The van der Waals surface area contributed by atoms with Gasteiger partial charge >= 0.3 is 5.97 Å². The van der Waals surface area contributed by atoms with Gasteiger partial charge in [0.1, 0.15) is 6.61 Å². The fourth-order valence-corrected chi connectivity index (χ4v) is 1.27. The fourth-order valence-electron chi connectivity index (χ4n) is 1.27. The van der Waals surface area contributed by atoms with Crippen LogP contribution in [0.15, 0.2) is 24.3 Å². The maximum absolute atomic E-state index is 13.2. The summed E-state index contributed by atoms with van der Waals surface area (Å²) in [4.78, 5) is 12.2. The zero-order chi connectivity index (χ0) is 12.7. The first-order valence-electron chi connectivity index (χ1n) is 5.37. The number of nitrogens with zero attached hydrogens (tertiary/aromatic N) is 1. The van der Waals surface area contributed by atoms with Crippen molar-refractivity contribution in [1.29, 1.82) is 0 Å². The SMILES string of the molecule is CN(CCOc1ccccc1F)CCC(=O)O. The van der Waals surface area contributed by atoms with Gasteiger partial charge in [0.25, 0.3) is 0 Å². The fraction of sp³-hybridized carbons (Fsp3) is 0.417. The van der Waals surface area contributed by atoms with Crippen LogP contribution in [0, 0.1) is 5.82 Å². The Morgan fingerprint density at radius 1 is 1.41 bits per heavy atom. The molecule has 0 saturated carbocycles. The molecule has 1 aromatic rings. The third kappa shape index (κ3) is 5.31. The Morgan fingerprint density at radius 3 is 2.76 bits per heavy atom. The first-order valence-corrected chi connectivity index (χ1v) is 5.37. The summed E-state index contributed by atoms with van der Waals surface area (Å²) in [5.74, 6) is -0.994. The molecule has 0 bridgehead atoms. The first-order chi connectivity index (χ1) is 8.09. The zero-order valence-corrected chi connectivity index (χ0v) is 9.73. The molecule has 0 aliphatic heterocycles. The third-order valence-electron chi connectivity index (χ3n) is 2.27. The van der Waals surface area contributed by atoms with E-state index >= 15 is 0 Å². The number of rotatable bonds is 7. The number of halogens is 1. The molecule has 0 radical (unpaired) electrons. The molecule has 1 N–H and O–H groups in total. The minimum absolute atomic E-state index is 0.0935. The number of carboxylic acids is 1. The van der Waals surface area contributed by atoms with Crippen molar-refractivity contribution in [2.24, 2.45) is 0 Å². The molecule has 5 heteroatoms. The van der Waals surface area contributed by atoms with Crippen LogP contribution >= 0.6 is 0 Å². The molecular formula is C12H16FNO3. The van der Waals surface area contributed by atoms with E-state index in [0.717, 1.165) is 0 Å². The van der Waals surface area contributed by atoms with E-state index in [1.165, 1.54) is 6.07 Å². The van der Waals surface area contributed by atoms with E-state index < -0.39 is 5.97 Å². The molecule has 94 valence electrons. The summed E-state index contributed by atoms with van der Waals surface area (Å²) in [5.41, 5.74) is 0. The van der Waals surface area contributed by atoms with Crippen molar-refractivity contribution in [3.8, 4) is 5.75 Å². The van der Waals surface area contributed by atoms with E-state index in [4.69, 9.17) is 9.84 Å². The molecule has 0 heterocycles. The summed E-state index contributed by atoms with van der Waals surface area (Å²) < 4.78 is 18.4. The van der Waals surface area contributed by atoms with Crippen molar-refractivity contribution in [2.45, 2.75) is 6.42 Å². The van der Waals surface area contributed by atoms with E-state index in [-0.39, 0.29) is 18.0 Å². The van der Waals surface area contributed by atoms with Crippen molar-refractivity contribution in [1.82, 2.24) is 4.90 Å². The first kappa shape index (κ1) is 13.4. The molecule has 0 spiro atoms. The molecule has 0 unspecified atom stereocenters. The van der Waals surface area contributed by atoms with E-state index in [1.807, 2.05) is 4.90 Å². The Hall–Kier alpha value is -1.62. The van der Waals surface area contributed by atoms with Crippen LogP contribution in [-0.2, 0) is 4.79 Å². The Bertz CT molecular complexity index is 371. The van der Waals surface area contributed by atoms with Gasteiger partial charge in [-0.15, -0.1) is 0 Å². The van der Waals surface area contributed by atoms with Crippen LogP contribution in [0.25, 0.3) is 0 Å². The highest BCUT2D eigenvalue weighted by Gasteiger charge is 2.04. The molecule has 0 amide bonds. The summed E-state index contributed by atoms with van der Waals surface area (Å²) in [5, 5.41) is 8.49. The molecule has 0 aromatic heterocycles. The minimum Gasteiger partial charge on any atom is -0.489 e. The number of para-hydroxylation sites is 1. The average Bonchev–Trinajstić information content (AvgIpc) is 2.29. The van der Waals surface area contributed by atoms with Crippen LogP contribution in [0.4, 0.5) is 4.39 Å². The van der Waals surface area contributed by atoms with Crippen molar-refractivity contribution >= 4 is 5.97 Å². The molecule has 4 nitrogen and oxygen atoms in total. The molecule has 0 saturated heterocycles. The number of carbonyl (C=O) groups is 1. The number of aliphatic carboxylic acids is 1. The van der Waals surface area contributed by atoms with E-state index in [9.17, 15) is 9.18 Å². The monoisotopic (exact) mass is 241 g/mol. The summed E-state index contributed by atoms with van der Waals surface area (Å²) in [6.45, 7) is 1.34. The Balaban J connectivity index is 2.24. The predicted octanol–water partition coefficient (Wildman–Crippen LogP) is 1.61. The van der Waals surface area contributed by atoms with Gasteiger partial charge in [-0.25, -0.2) is 4.39 Å². The number of hydrogen-bond acceptors (Lipinski definition) is 3. The van der Waals surface area contributed by atoms with Gasteiger partial charge < -0.3 is 14.7 Å². The molecule has 1 aromatic carbocycles. The van der Waals surface area contributed by atoms with Gasteiger partial charge in [-0.2, -0.15) is 0 Å². The van der Waals surface area contributed by atoms with Crippen LogP contribution in [-0.4, -0.2) is 42.7 Å². The molecule has 0 aliphatic carbocycles. The quantitative estimate of drug-likeness (QED) is 0.788. The number of benzene rings is 1. The lowest BCUT2D eigenvalue weighted by Gasteiger charge is -2.15. The topological polar surface area (TPSA) is 49.8 Å². The Morgan fingerprint density at radius 2 is 2.12 bits per heavy atom. The van der Waals surface area contributed by atoms with Crippen LogP contribution in [0.1, 0.15) is 6.42 Å². The smallest absolute Gasteiger partial charge is 0.304 e. The third-order valence-corrected chi connectivity index (χ3v) is 2.27. The number of carboxylic acid groups (broad SMARTS) is 1. The Labute approximate surface area is 99.6 Å². The summed E-state index contributed by atoms with van der Waals surface area (Å²) in [7, 11) is 1.80. The Kier molecular flexibility index (Phi) is 5.42. The van der Waals surface area contributed by atoms with E-state index in [1.54, 1.807) is 25.2 Å². The molecule has 17 heavy (non-hydrogen) atoms. The lowest BCUT2D eigenvalue weighted by Crippen LogP contribution is -2.26. The molecule has 0 atom stereocenters. The number of hydrogen-bond donors (Lipinski definition) is 1. The molecule has 1 rings (SSSR count). The summed E-state index contributed by atoms with van der Waals surface area (Å²) in [6.07, 6.45) is 0.0935. The highest BCUT2D eigenvalue weighted by Crippen LogP contribution is 2.14. The van der Waals surface area contributed by atoms with Gasteiger partial charge in [-0.3, -0.25) is 4.79 Å². The lowest BCUT2D eigenvalue weighted by molar-refractivity contribution is -0.137. The van der Waals surface area contributed by atoms with Crippen LogP contribution < -0.4 is 4.74 Å². The summed E-state index contributed by atoms with van der Waals surface area (Å²) >= 11 is 0. The molecule has 0 aliphatic rings. The second-order valence-electron chi connectivity index (χ2n) is 3.73. The number of ether oxygens (including phenoxy) is 1. The van der Waals surface area contributed by atoms with Crippen molar-refractivity contribution in [3.63, 3.8) is 0 Å². The highest BCUT2D eigenvalue weighted by molar-refractivity contribution is 5.66. The van der Waals surface area contributed by atoms with Crippen molar-refractivity contribution < 1.29 is 19.0 Å². The predicted molar refractivity (Wildman–Crippen MR) is 61.6 cm³/mol. The average molecular weight is 241 g/mol. The maximum Gasteiger partial charge on any atom is 0.304 e. The van der Waals surface area contributed by atoms with Gasteiger partial charge in [0.15, 0.2) is 11.6 Å². The van der Waals surface area contributed by atoms with Gasteiger partial charge in [-0.05, 0) is 19.2 Å². The maximum atomic E-state index is 13.2. The van der Waals surface area contributed by atoms with Gasteiger partial charge in [-0.1, -0.05) is 12.1 Å². The van der Waals surface area contributed by atoms with Crippen LogP contribution in [0.5, 0.6) is 5.75 Å². The minimum atomic E-state index is -0.827. The zero-order valence-electron chi connectivity index (χ0n) is 9.73. The normalized spacial score (nSPS) is 10.5.